The van der Waals surface area contributed by atoms with E-state index in [1.165, 1.54) is 5.01 Å². The molecule has 1 fully saturated rings. The summed E-state index contributed by atoms with van der Waals surface area (Å²) < 4.78 is 6.06. The first-order valence-electron chi connectivity index (χ1n) is 9.46. The molecule has 2 N–H and O–H groups in total. The largest absolute Gasteiger partial charge is 0.445 e. The number of piperidine rings is 1. The zero-order valence-electron chi connectivity index (χ0n) is 16.9. The van der Waals surface area contributed by atoms with Crippen molar-refractivity contribution in [1.82, 2.24) is 15.2 Å². The van der Waals surface area contributed by atoms with E-state index in [2.05, 4.69) is 32.9 Å². The van der Waals surface area contributed by atoms with Crippen LogP contribution in [-0.2, 0) is 11.3 Å². The fraction of sp³-hybridized carbons (Fsp3) is 0.381. The normalized spacial score (nSPS) is 15.3. The molecule has 1 heterocycles. The number of carbonyl (C=O) groups is 1. The van der Waals surface area contributed by atoms with Crippen molar-refractivity contribution in [3.63, 3.8) is 0 Å². The van der Waals surface area contributed by atoms with Gasteiger partial charge in [-0.2, -0.15) is 5.10 Å². The maximum Gasteiger partial charge on any atom is 0.410 e. The van der Waals surface area contributed by atoms with Crippen molar-refractivity contribution >= 4 is 34.1 Å². The summed E-state index contributed by atoms with van der Waals surface area (Å²) in [6.07, 6.45) is 4.67. The van der Waals surface area contributed by atoms with Gasteiger partial charge in [-0.1, -0.05) is 36.9 Å². The lowest BCUT2D eigenvalue weighted by molar-refractivity contribution is 0.0844. The van der Waals surface area contributed by atoms with Gasteiger partial charge in [0.15, 0.2) is 0 Å². The van der Waals surface area contributed by atoms with Crippen LogP contribution in [-0.4, -0.2) is 55.2 Å². The number of likely N-dealkylation sites (N-methyl/N-ethyl adjacent to an activating group) is 1. The van der Waals surface area contributed by atoms with Crippen LogP contribution in [0.15, 0.2) is 58.3 Å². The van der Waals surface area contributed by atoms with E-state index in [9.17, 15) is 4.79 Å². The third kappa shape index (κ3) is 7.38. The number of carbonyl (C=O) groups excluding carboxylic acids is 1. The number of halogens is 1. The van der Waals surface area contributed by atoms with E-state index < -0.39 is 0 Å². The van der Waals surface area contributed by atoms with E-state index in [0.717, 1.165) is 24.1 Å². The second kappa shape index (κ2) is 11.4. The summed E-state index contributed by atoms with van der Waals surface area (Å²) in [5.74, 6) is 0.520. The van der Waals surface area contributed by atoms with Gasteiger partial charge in [0.05, 0.1) is 6.21 Å². The molecule has 0 atom stereocenters. The first-order chi connectivity index (χ1) is 13.9. The molecular weight excluding hydrogens is 434 g/mol. The highest BCUT2D eigenvalue weighted by molar-refractivity contribution is 9.12. The summed E-state index contributed by atoms with van der Waals surface area (Å²) in [6, 6.07) is 9.67. The zero-order valence-corrected chi connectivity index (χ0v) is 18.5. The van der Waals surface area contributed by atoms with Crippen molar-refractivity contribution in [3.05, 3.63) is 58.7 Å². The van der Waals surface area contributed by atoms with Crippen LogP contribution in [0.1, 0.15) is 18.4 Å². The first-order valence-corrected chi connectivity index (χ1v) is 10.3. The second-order valence-electron chi connectivity index (χ2n) is 6.75. The van der Waals surface area contributed by atoms with Crippen LogP contribution < -0.4 is 5.32 Å². The topological polar surface area (TPSA) is 81.0 Å². The van der Waals surface area contributed by atoms with E-state index in [1.54, 1.807) is 24.2 Å². The van der Waals surface area contributed by atoms with Crippen LogP contribution in [0, 0.1) is 11.3 Å². The lowest BCUT2D eigenvalue weighted by Gasteiger charge is -2.32. The van der Waals surface area contributed by atoms with Gasteiger partial charge in [-0.05, 0) is 34.3 Å². The molecule has 0 radical (unpaired) electrons. The minimum absolute atomic E-state index is 0.252. The molecule has 0 bridgehead atoms. The number of likely N-dealkylation sites (tertiary alicyclic amines) is 1. The molecule has 8 heteroatoms. The van der Waals surface area contributed by atoms with Crippen molar-refractivity contribution < 1.29 is 9.53 Å². The Kier molecular flexibility index (Phi) is 8.92. The monoisotopic (exact) mass is 461 g/mol. The van der Waals surface area contributed by atoms with Gasteiger partial charge in [-0.25, -0.2) is 4.79 Å². The molecule has 1 saturated heterocycles. The van der Waals surface area contributed by atoms with Gasteiger partial charge in [0.1, 0.15) is 12.4 Å². The van der Waals surface area contributed by atoms with Crippen LogP contribution in [0.2, 0.25) is 0 Å². The molecule has 1 aliphatic rings. The molecule has 0 unspecified atom stereocenters. The van der Waals surface area contributed by atoms with Crippen LogP contribution in [0.25, 0.3) is 0 Å². The van der Waals surface area contributed by atoms with Crippen molar-refractivity contribution in [3.8, 4) is 0 Å². The number of benzene rings is 1. The summed E-state index contributed by atoms with van der Waals surface area (Å²) in [5, 5.41) is 17.0. The smallest absolute Gasteiger partial charge is 0.410 e. The Morgan fingerprint density at radius 3 is 2.66 bits per heavy atom. The van der Waals surface area contributed by atoms with Crippen LogP contribution in [0.4, 0.5) is 4.79 Å². The Hall–Kier alpha value is -2.61. The molecule has 1 amide bonds. The van der Waals surface area contributed by atoms with Gasteiger partial charge >= 0.3 is 6.09 Å². The molecular formula is C21H28BrN5O2. The highest BCUT2D eigenvalue weighted by Crippen LogP contribution is 2.24. The average molecular weight is 462 g/mol. The van der Waals surface area contributed by atoms with Gasteiger partial charge in [0.2, 0.25) is 0 Å². The molecule has 2 rings (SSSR count). The molecule has 1 aliphatic heterocycles. The lowest BCUT2D eigenvalue weighted by atomic mass is 9.93. The predicted octanol–water partition coefficient (Wildman–Crippen LogP) is 3.94. The number of hydrogen-bond donors (Lipinski definition) is 2. The van der Waals surface area contributed by atoms with Crippen LogP contribution in [0.5, 0.6) is 0 Å². The van der Waals surface area contributed by atoms with E-state index in [-0.39, 0.29) is 24.5 Å². The number of ether oxygens (including phenoxy) is 1. The van der Waals surface area contributed by atoms with Gasteiger partial charge in [-0.3, -0.25) is 10.4 Å². The standard InChI is InChI=1S/C21H28BrN5O2/c1-16(22)14-25-26(3)20(23)13-19(24-2)18-9-11-27(12-10-18)21(28)29-15-17-7-5-4-6-8-17/h4-8,13-14,18,23-24H,1,9-12,15H2,2-3H3/b19-13?,23-20?,25-14-. The van der Waals surface area contributed by atoms with Crippen LogP contribution >= 0.6 is 15.9 Å². The number of nitrogens with zero attached hydrogens (tertiary/aromatic N) is 3. The van der Waals surface area contributed by atoms with E-state index in [0.29, 0.717) is 17.6 Å². The molecule has 0 spiro atoms. The number of amides is 1. The first kappa shape index (κ1) is 22.7. The highest BCUT2D eigenvalue weighted by Gasteiger charge is 2.26. The summed E-state index contributed by atoms with van der Waals surface area (Å²) in [4.78, 5) is 14.1. The Morgan fingerprint density at radius 2 is 2.07 bits per heavy atom. The molecule has 29 heavy (non-hydrogen) atoms. The number of hydrazone groups is 1. The average Bonchev–Trinajstić information content (AvgIpc) is 2.74. The summed E-state index contributed by atoms with van der Waals surface area (Å²) >= 11 is 3.21. The fourth-order valence-electron chi connectivity index (χ4n) is 3.03. The Balaban J connectivity index is 1.86. The van der Waals surface area contributed by atoms with Gasteiger partial charge in [-0.15, -0.1) is 0 Å². The van der Waals surface area contributed by atoms with E-state index in [1.807, 2.05) is 37.4 Å². The maximum atomic E-state index is 12.3. The van der Waals surface area contributed by atoms with Gasteiger partial charge in [0, 0.05) is 49.4 Å². The van der Waals surface area contributed by atoms with Crippen molar-refractivity contribution in [2.45, 2.75) is 19.4 Å². The maximum absolute atomic E-state index is 12.3. The Bertz CT molecular complexity index is 771. The highest BCUT2D eigenvalue weighted by atomic mass is 79.9. The molecule has 0 aromatic heterocycles. The summed E-state index contributed by atoms with van der Waals surface area (Å²) in [7, 11) is 3.56. The Morgan fingerprint density at radius 1 is 1.41 bits per heavy atom. The fourth-order valence-corrected chi connectivity index (χ4v) is 3.12. The van der Waals surface area contributed by atoms with Gasteiger partial charge < -0.3 is 15.0 Å². The molecule has 0 aliphatic carbocycles. The third-order valence-electron chi connectivity index (χ3n) is 4.70. The van der Waals surface area contributed by atoms with E-state index >= 15 is 0 Å². The Labute approximate surface area is 180 Å². The third-order valence-corrected chi connectivity index (χ3v) is 4.90. The quantitative estimate of drug-likeness (QED) is 0.366. The van der Waals surface area contributed by atoms with Gasteiger partial charge in [0.25, 0.3) is 0 Å². The molecule has 156 valence electrons. The number of allylic oxidation sites excluding steroid dienone is 2. The molecule has 1 aromatic carbocycles. The molecule has 0 saturated carbocycles. The predicted molar refractivity (Wildman–Crippen MR) is 120 cm³/mol. The van der Waals surface area contributed by atoms with Crippen LogP contribution in [0.3, 0.4) is 0 Å². The minimum atomic E-state index is -0.279. The number of amidine groups is 1. The minimum Gasteiger partial charge on any atom is -0.445 e. The molecule has 7 nitrogen and oxygen atoms in total. The summed E-state index contributed by atoms with van der Waals surface area (Å²) in [6.45, 7) is 5.23. The number of nitrogens with one attached hydrogen (secondary N) is 2. The zero-order chi connectivity index (χ0) is 21.2. The number of hydrogen-bond acceptors (Lipinski definition) is 5. The van der Waals surface area contributed by atoms with E-state index in [4.69, 9.17) is 10.1 Å². The SMILES string of the molecule is C=C(Br)/C=N\N(C)C(=N)C=C(NC)C1CCN(C(=O)OCc2ccccc2)CC1. The molecule has 1 aromatic rings. The number of rotatable bonds is 7. The van der Waals surface area contributed by atoms with Crippen molar-refractivity contribution in [2.75, 3.05) is 27.2 Å². The lowest BCUT2D eigenvalue weighted by Crippen LogP contribution is -2.40. The second-order valence-corrected chi connectivity index (χ2v) is 7.77. The van der Waals surface area contributed by atoms with Crippen molar-refractivity contribution in [1.29, 1.82) is 5.41 Å². The van der Waals surface area contributed by atoms with Crippen molar-refractivity contribution in [2.24, 2.45) is 11.0 Å². The summed E-state index contributed by atoms with van der Waals surface area (Å²) in [5.41, 5.74) is 1.94.